The number of ether oxygens (including phenoxy) is 1. The maximum atomic E-state index is 12.2. The number of alkyl halides is 5. The van der Waals surface area contributed by atoms with Crippen molar-refractivity contribution in [2.75, 3.05) is 0 Å². The maximum absolute atomic E-state index is 12.2. The Hall–Kier alpha value is -1.66. The molecule has 1 aromatic carbocycles. The van der Waals surface area contributed by atoms with E-state index in [9.17, 15) is 22.0 Å². The fraction of sp³-hybridized carbons (Fsp3) is 0.300. The molecule has 0 unspecified atom stereocenters. The monoisotopic (exact) mass is 253 g/mol. The number of benzene rings is 1. The summed E-state index contributed by atoms with van der Waals surface area (Å²) in [7, 11) is 0. The van der Waals surface area contributed by atoms with Gasteiger partial charge in [0.05, 0.1) is 5.71 Å². The quantitative estimate of drug-likeness (QED) is 0.590. The number of halogens is 5. The van der Waals surface area contributed by atoms with Gasteiger partial charge in [0.2, 0.25) is 0 Å². The Morgan fingerprint density at radius 3 is 2.35 bits per heavy atom. The summed E-state index contributed by atoms with van der Waals surface area (Å²) in [6.07, 6.45) is -7.71. The fourth-order valence-electron chi connectivity index (χ4n) is 0.999. The molecule has 0 atom stereocenters. The number of rotatable bonds is 3. The van der Waals surface area contributed by atoms with E-state index in [1.54, 1.807) is 0 Å². The lowest BCUT2D eigenvalue weighted by molar-refractivity contribution is -0.274. The second kappa shape index (κ2) is 5.11. The Kier molecular flexibility index (Phi) is 4.03. The number of hydrogen-bond donors (Lipinski definition) is 0. The predicted octanol–water partition coefficient (Wildman–Crippen LogP) is 3.94. The van der Waals surface area contributed by atoms with Crippen molar-refractivity contribution >= 4 is 11.4 Å². The zero-order valence-corrected chi connectivity index (χ0v) is 8.63. The van der Waals surface area contributed by atoms with E-state index < -0.39 is 24.2 Å². The summed E-state index contributed by atoms with van der Waals surface area (Å²) < 4.78 is 64.0. The van der Waals surface area contributed by atoms with E-state index in [2.05, 4.69) is 9.73 Å². The number of aliphatic imine (C=N–C) groups is 1. The molecule has 0 bridgehead atoms. The van der Waals surface area contributed by atoms with Gasteiger partial charge >= 0.3 is 6.36 Å². The Bertz CT molecular complexity index is 413. The van der Waals surface area contributed by atoms with Crippen molar-refractivity contribution in [1.82, 2.24) is 0 Å². The first kappa shape index (κ1) is 13.4. The van der Waals surface area contributed by atoms with Crippen LogP contribution in [0, 0.1) is 0 Å². The molecule has 0 radical (unpaired) electrons. The van der Waals surface area contributed by atoms with Crippen LogP contribution >= 0.6 is 0 Å². The molecule has 0 saturated heterocycles. The lowest BCUT2D eigenvalue weighted by Gasteiger charge is -2.11. The summed E-state index contributed by atoms with van der Waals surface area (Å²) in [6, 6.07) is 4.83. The predicted molar refractivity (Wildman–Crippen MR) is 51.9 cm³/mol. The fourth-order valence-corrected chi connectivity index (χ4v) is 0.999. The molecular weight excluding hydrogens is 245 g/mol. The highest BCUT2D eigenvalue weighted by Gasteiger charge is 2.32. The molecule has 0 N–H and O–H groups in total. The van der Waals surface area contributed by atoms with Crippen molar-refractivity contribution in [2.24, 2.45) is 4.99 Å². The molecule has 0 fully saturated rings. The second-order valence-corrected chi connectivity index (χ2v) is 3.07. The van der Waals surface area contributed by atoms with Gasteiger partial charge in [-0.25, -0.2) is 13.8 Å². The average Bonchev–Trinajstić information content (AvgIpc) is 2.18. The SMILES string of the molecule is C/C(=N\c1ccccc1OC(F)(F)F)C(F)F. The van der Waals surface area contributed by atoms with Crippen LogP contribution in [0.5, 0.6) is 5.75 Å². The van der Waals surface area contributed by atoms with Crippen molar-refractivity contribution in [2.45, 2.75) is 19.7 Å². The van der Waals surface area contributed by atoms with E-state index in [0.717, 1.165) is 19.1 Å². The van der Waals surface area contributed by atoms with Crippen LogP contribution in [0.4, 0.5) is 27.6 Å². The van der Waals surface area contributed by atoms with Crippen LogP contribution in [0.15, 0.2) is 29.3 Å². The minimum atomic E-state index is -4.88. The summed E-state index contributed by atoms with van der Waals surface area (Å²) >= 11 is 0. The molecule has 7 heteroatoms. The van der Waals surface area contributed by atoms with Gasteiger partial charge in [-0.05, 0) is 19.1 Å². The van der Waals surface area contributed by atoms with Gasteiger partial charge in [0.1, 0.15) is 5.69 Å². The van der Waals surface area contributed by atoms with Gasteiger partial charge in [0.25, 0.3) is 6.43 Å². The molecular formula is C10H8F5NO. The number of hydrogen-bond acceptors (Lipinski definition) is 2. The highest BCUT2D eigenvalue weighted by atomic mass is 19.4. The standard InChI is InChI=1S/C10H8F5NO/c1-6(9(11)12)16-7-4-2-3-5-8(7)17-10(13,14)15/h2-5,9H,1H3/b16-6+. The average molecular weight is 253 g/mol. The Balaban J connectivity index is 3.04. The van der Waals surface area contributed by atoms with E-state index in [1.807, 2.05) is 0 Å². The molecule has 0 amide bonds. The lowest BCUT2D eigenvalue weighted by Crippen LogP contribution is -2.17. The van der Waals surface area contributed by atoms with E-state index in [-0.39, 0.29) is 5.69 Å². The van der Waals surface area contributed by atoms with Crippen molar-refractivity contribution < 1.29 is 26.7 Å². The van der Waals surface area contributed by atoms with Crippen LogP contribution < -0.4 is 4.74 Å². The molecule has 94 valence electrons. The summed E-state index contributed by atoms with van der Waals surface area (Å²) in [6.45, 7) is 1.02. The van der Waals surface area contributed by atoms with Gasteiger partial charge in [-0.3, -0.25) is 0 Å². The zero-order valence-electron chi connectivity index (χ0n) is 8.63. The van der Waals surface area contributed by atoms with Crippen LogP contribution in [0.1, 0.15) is 6.92 Å². The molecule has 17 heavy (non-hydrogen) atoms. The first-order valence-corrected chi connectivity index (χ1v) is 4.47. The van der Waals surface area contributed by atoms with Gasteiger partial charge in [0, 0.05) is 0 Å². The third kappa shape index (κ3) is 4.38. The zero-order chi connectivity index (χ0) is 13.1. The third-order valence-electron chi connectivity index (χ3n) is 1.70. The smallest absolute Gasteiger partial charge is 0.403 e. The molecule has 0 heterocycles. The summed E-state index contributed by atoms with van der Waals surface area (Å²) in [5.74, 6) is -0.611. The molecule has 0 saturated carbocycles. The van der Waals surface area contributed by atoms with Crippen LogP contribution in [0.2, 0.25) is 0 Å². The highest BCUT2D eigenvalue weighted by Crippen LogP contribution is 2.32. The number of para-hydroxylation sites is 2. The van der Waals surface area contributed by atoms with Gasteiger partial charge in [-0.2, -0.15) is 0 Å². The molecule has 0 aliphatic rings. The Morgan fingerprint density at radius 1 is 1.24 bits per heavy atom. The van der Waals surface area contributed by atoms with Crippen molar-refractivity contribution in [3.05, 3.63) is 24.3 Å². The molecule has 1 rings (SSSR count). The second-order valence-electron chi connectivity index (χ2n) is 3.07. The summed E-state index contributed by atoms with van der Waals surface area (Å²) in [5.41, 5.74) is -0.870. The normalized spacial score (nSPS) is 13.0. The minimum absolute atomic E-state index is 0.289. The maximum Gasteiger partial charge on any atom is 0.573 e. The number of nitrogens with zero attached hydrogens (tertiary/aromatic N) is 1. The van der Waals surface area contributed by atoms with Gasteiger partial charge in [0.15, 0.2) is 5.75 Å². The third-order valence-corrected chi connectivity index (χ3v) is 1.70. The van der Waals surface area contributed by atoms with Crippen LogP contribution in [0.3, 0.4) is 0 Å². The molecule has 0 aliphatic heterocycles. The highest BCUT2D eigenvalue weighted by molar-refractivity contribution is 5.88. The summed E-state index contributed by atoms with van der Waals surface area (Å²) in [5, 5.41) is 0. The van der Waals surface area contributed by atoms with E-state index in [0.29, 0.717) is 0 Å². The van der Waals surface area contributed by atoms with Crippen molar-refractivity contribution in [3.8, 4) is 5.75 Å². The molecule has 1 aromatic rings. The van der Waals surface area contributed by atoms with Crippen LogP contribution in [-0.2, 0) is 0 Å². The van der Waals surface area contributed by atoms with E-state index >= 15 is 0 Å². The lowest BCUT2D eigenvalue weighted by atomic mass is 10.3. The van der Waals surface area contributed by atoms with Crippen molar-refractivity contribution in [1.29, 1.82) is 0 Å². The van der Waals surface area contributed by atoms with Gasteiger partial charge < -0.3 is 4.74 Å². The van der Waals surface area contributed by atoms with E-state index in [1.165, 1.54) is 12.1 Å². The van der Waals surface area contributed by atoms with E-state index in [4.69, 9.17) is 0 Å². The molecule has 0 aliphatic carbocycles. The minimum Gasteiger partial charge on any atom is -0.403 e. The van der Waals surface area contributed by atoms with Crippen molar-refractivity contribution in [3.63, 3.8) is 0 Å². The van der Waals surface area contributed by atoms with Gasteiger partial charge in [-0.15, -0.1) is 13.2 Å². The Morgan fingerprint density at radius 2 is 1.82 bits per heavy atom. The Labute approximate surface area is 93.7 Å². The van der Waals surface area contributed by atoms with Crippen LogP contribution in [-0.4, -0.2) is 18.5 Å². The first-order chi connectivity index (χ1) is 7.79. The molecule has 2 nitrogen and oxygen atoms in total. The first-order valence-electron chi connectivity index (χ1n) is 4.47. The largest absolute Gasteiger partial charge is 0.573 e. The molecule has 0 aromatic heterocycles. The van der Waals surface area contributed by atoms with Gasteiger partial charge in [-0.1, -0.05) is 12.1 Å². The topological polar surface area (TPSA) is 21.6 Å². The van der Waals surface area contributed by atoms with Crippen LogP contribution in [0.25, 0.3) is 0 Å². The summed E-state index contributed by atoms with van der Waals surface area (Å²) in [4.78, 5) is 3.38. The molecule has 0 spiro atoms.